The lowest BCUT2D eigenvalue weighted by atomic mass is 10.2. The van der Waals surface area contributed by atoms with E-state index in [1.807, 2.05) is 5.32 Å². The largest absolute Gasteiger partial charge is 0.344 e. The molecule has 0 saturated carbocycles. The molecule has 6 nitrogen and oxygen atoms in total. The van der Waals surface area contributed by atoms with Gasteiger partial charge in [-0.2, -0.15) is 0 Å². The van der Waals surface area contributed by atoms with Crippen LogP contribution in [0, 0.1) is 11.6 Å². The summed E-state index contributed by atoms with van der Waals surface area (Å²) in [6.07, 6.45) is 0.218. The second kappa shape index (κ2) is 5.76. The van der Waals surface area contributed by atoms with Crippen LogP contribution in [0.3, 0.4) is 0 Å². The number of carbonyl (C=O) groups is 2. The van der Waals surface area contributed by atoms with Gasteiger partial charge in [0.15, 0.2) is 9.84 Å². The summed E-state index contributed by atoms with van der Waals surface area (Å²) >= 11 is 0. The highest BCUT2D eigenvalue weighted by Crippen LogP contribution is 2.15. The fourth-order valence-corrected chi connectivity index (χ4v) is 3.61. The Labute approximate surface area is 119 Å². The molecule has 0 bridgehead atoms. The third-order valence-electron chi connectivity index (χ3n) is 2.95. The Hall–Kier alpha value is -2.03. The zero-order valence-corrected chi connectivity index (χ0v) is 11.5. The van der Waals surface area contributed by atoms with E-state index in [1.54, 1.807) is 0 Å². The average molecular weight is 318 g/mol. The normalized spacial score (nSPS) is 20.0. The molecule has 1 aromatic rings. The Bertz CT molecular complexity index is 690. The number of benzene rings is 1. The van der Waals surface area contributed by atoms with E-state index in [1.165, 1.54) is 0 Å². The van der Waals surface area contributed by atoms with Gasteiger partial charge in [-0.05, 0) is 18.6 Å². The van der Waals surface area contributed by atoms with Crippen molar-refractivity contribution < 1.29 is 26.8 Å². The first-order valence-electron chi connectivity index (χ1n) is 6.04. The van der Waals surface area contributed by atoms with E-state index in [2.05, 4.69) is 5.32 Å². The molecule has 1 aliphatic heterocycles. The Balaban J connectivity index is 1.97. The predicted molar refractivity (Wildman–Crippen MR) is 70.2 cm³/mol. The van der Waals surface area contributed by atoms with Crippen molar-refractivity contribution in [3.05, 3.63) is 29.8 Å². The summed E-state index contributed by atoms with van der Waals surface area (Å²) in [7, 11) is -3.19. The molecule has 0 aliphatic carbocycles. The first-order chi connectivity index (χ1) is 9.77. The lowest BCUT2D eigenvalue weighted by molar-refractivity contribution is -0.136. The van der Waals surface area contributed by atoms with Crippen molar-refractivity contribution in [2.24, 2.45) is 0 Å². The summed E-state index contributed by atoms with van der Waals surface area (Å²) in [6.45, 7) is 0. The Kier molecular flexibility index (Phi) is 4.21. The third-order valence-corrected chi connectivity index (χ3v) is 4.72. The van der Waals surface area contributed by atoms with Gasteiger partial charge in [-0.25, -0.2) is 17.2 Å². The van der Waals surface area contributed by atoms with Crippen molar-refractivity contribution in [3.63, 3.8) is 0 Å². The monoisotopic (exact) mass is 318 g/mol. The molecule has 2 amide bonds. The number of hydrogen-bond donors (Lipinski definition) is 2. The van der Waals surface area contributed by atoms with E-state index in [4.69, 9.17) is 0 Å². The molecule has 1 fully saturated rings. The number of rotatable bonds is 2. The summed E-state index contributed by atoms with van der Waals surface area (Å²) in [6, 6.07) is 1.77. The van der Waals surface area contributed by atoms with Crippen LogP contribution in [0.1, 0.15) is 6.42 Å². The quantitative estimate of drug-likeness (QED) is 0.762. The topological polar surface area (TPSA) is 92.3 Å². The molecule has 1 aliphatic rings. The molecule has 0 spiro atoms. The van der Waals surface area contributed by atoms with Crippen LogP contribution in [-0.2, 0) is 19.4 Å². The second-order valence-corrected chi connectivity index (χ2v) is 6.88. The minimum Gasteiger partial charge on any atom is -0.344 e. The molecule has 1 saturated heterocycles. The van der Waals surface area contributed by atoms with E-state index in [0.717, 1.165) is 18.2 Å². The first-order valence-corrected chi connectivity index (χ1v) is 7.86. The molecule has 9 heteroatoms. The highest BCUT2D eigenvalue weighted by Gasteiger charge is 2.30. The van der Waals surface area contributed by atoms with Gasteiger partial charge in [0.2, 0.25) is 0 Å². The van der Waals surface area contributed by atoms with Gasteiger partial charge < -0.3 is 10.6 Å². The van der Waals surface area contributed by atoms with Gasteiger partial charge in [0, 0.05) is 12.1 Å². The number of nitrogens with one attached hydrogen (secondary N) is 2. The summed E-state index contributed by atoms with van der Waals surface area (Å²) < 4.78 is 48.7. The van der Waals surface area contributed by atoms with Gasteiger partial charge in [-0.1, -0.05) is 0 Å². The van der Waals surface area contributed by atoms with Gasteiger partial charge in [0.05, 0.1) is 17.2 Å². The van der Waals surface area contributed by atoms with Gasteiger partial charge in [0.25, 0.3) is 0 Å². The van der Waals surface area contributed by atoms with Crippen LogP contribution in [0.15, 0.2) is 18.2 Å². The molecule has 0 radical (unpaired) electrons. The minimum absolute atomic E-state index is 0.0575. The van der Waals surface area contributed by atoms with Crippen LogP contribution >= 0.6 is 0 Å². The molecule has 1 atom stereocenters. The Morgan fingerprint density at radius 3 is 2.52 bits per heavy atom. The van der Waals surface area contributed by atoms with Crippen molar-refractivity contribution in [2.45, 2.75) is 12.5 Å². The highest BCUT2D eigenvalue weighted by atomic mass is 32.2. The first kappa shape index (κ1) is 15.4. The van der Waals surface area contributed by atoms with E-state index >= 15 is 0 Å². The number of sulfone groups is 1. The smallest absolute Gasteiger partial charge is 0.313 e. The van der Waals surface area contributed by atoms with Gasteiger partial charge in [-0.15, -0.1) is 0 Å². The number of hydrogen-bond acceptors (Lipinski definition) is 4. The van der Waals surface area contributed by atoms with E-state index in [-0.39, 0.29) is 17.9 Å². The maximum Gasteiger partial charge on any atom is 0.313 e. The highest BCUT2D eigenvalue weighted by molar-refractivity contribution is 7.91. The molecule has 1 heterocycles. The molecule has 0 aromatic heterocycles. The number of anilines is 1. The zero-order chi connectivity index (χ0) is 15.6. The minimum atomic E-state index is -3.19. The van der Waals surface area contributed by atoms with Crippen LogP contribution < -0.4 is 10.6 Å². The van der Waals surface area contributed by atoms with Crippen molar-refractivity contribution >= 4 is 27.3 Å². The molecular weight excluding hydrogens is 306 g/mol. The average Bonchev–Trinajstić information content (AvgIpc) is 2.73. The molecule has 1 aromatic carbocycles. The fourth-order valence-electron chi connectivity index (χ4n) is 1.93. The van der Waals surface area contributed by atoms with Crippen LogP contribution in [-0.4, -0.2) is 37.8 Å². The third kappa shape index (κ3) is 3.97. The predicted octanol–water partition coefficient (Wildman–Crippen LogP) is 0.207. The van der Waals surface area contributed by atoms with Gasteiger partial charge in [-0.3, -0.25) is 9.59 Å². The standard InChI is InChI=1S/C12H12F2N2O4S/c13-7-1-2-9(14)10(5-7)16-12(18)11(17)15-8-3-4-21(19,20)6-8/h1-2,5,8H,3-4,6H2,(H,15,17)(H,16,18). The number of halogens is 2. The van der Waals surface area contributed by atoms with Gasteiger partial charge in [0.1, 0.15) is 11.6 Å². The lowest BCUT2D eigenvalue weighted by Crippen LogP contribution is -2.42. The lowest BCUT2D eigenvalue weighted by Gasteiger charge is -2.11. The SMILES string of the molecule is O=C(Nc1cc(F)ccc1F)C(=O)NC1CCS(=O)(=O)C1. The van der Waals surface area contributed by atoms with Crippen molar-refractivity contribution in [2.75, 3.05) is 16.8 Å². The molecular formula is C12H12F2N2O4S. The van der Waals surface area contributed by atoms with Crippen LogP contribution in [0.2, 0.25) is 0 Å². The van der Waals surface area contributed by atoms with Crippen LogP contribution in [0.25, 0.3) is 0 Å². The molecule has 114 valence electrons. The number of carbonyl (C=O) groups excluding carboxylic acids is 2. The summed E-state index contributed by atoms with van der Waals surface area (Å²) in [5.41, 5.74) is -0.464. The van der Waals surface area contributed by atoms with Crippen LogP contribution in [0.4, 0.5) is 14.5 Å². The maximum atomic E-state index is 13.3. The number of amides is 2. The Morgan fingerprint density at radius 1 is 1.19 bits per heavy atom. The van der Waals surface area contributed by atoms with E-state index in [9.17, 15) is 26.8 Å². The molecule has 2 N–H and O–H groups in total. The second-order valence-electron chi connectivity index (χ2n) is 4.65. The molecule has 2 rings (SSSR count). The summed E-state index contributed by atoms with van der Waals surface area (Å²) in [5.74, 6) is -4.24. The van der Waals surface area contributed by atoms with Crippen LogP contribution in [0.5, 0.6) is 0 Å². The van der Waals surface area contributed by atoms with E-state index in [0.29, 0.717) is 0 Å². The van der Waals surface area contributed by atoms with Crippen molar-refractivity contribution in [1.82, 2.24) is 5.32 Å². The molecule has 21 heavy (non-hydrogen) atoms. The fraction of sp³-hybridized carbons (Fsp3) is 0.333. The maximum absolute atomic E-state index is 13.3. The van der Waals surface area contributed by atoms with Gasteiger partial charge >= 0.3 is 11.8 Å². The van der Waals surface area contributed by atoms with E-state index < -0.39 is 45.0 Å². The zero-order valence-electron chi connectivity index (χ0n) is 10.7. The summed E-state index contributed by atoms with van der Waals surface area (Å²) in [4.78, 5) is 23.1. The summed E-state index contributed by atoms with van der Waals surface area (Å²) in [5, 5.41) is 4.17. The molecule has 1 unspecified atom stereocenters. The van der Waals surface area contributed by atoms with Crippen molar-refractivity contribution in [1.29, 1.82) is 0 Å². The Morgan fingerprint density at radius 2 is 1.90 bits per heavy atom. The van der Waals surface area contributed by atoms with Crippen molar-refractivity contribution in [3.8, 4) is 0 Å².